The van der Waals surface area contributed by atoms with Crippen molar-refractivity contribution in [2.45, 2.75) is 0 Å². The number of hydrogen-bond donors (Lipinski definition) is 1. The van der Waals surface area contributed by atoms with Crippen molar-refractivity contribution < 1.29 is 9.90 Å². The highest BCUT2D eigenvalue weighted by Gasteiger charge is 2.10. The zero-order valence-electron chi connectivity index (χ0n) is 5.78. The maximum atomic E-state index is 10.6. The molecule has 0 fully saturated rings. The summed E-state index contributed by atoms with van der Waals surface area (Å²) in [5, 5.41) is 16.5. The van der Waals surface area contributed by atoms with Crippen LogP contribution < -0.4 is 0 Å². The molecule has 0 aliphatic heterocycles. The average Bonchev–Trinajstić information content (AvgIpc) is 2.05. The number of hydrogen-bond acceptors (Lipinski definition) is 4. The Bertz CT molecular complexity index is 370. The molecule has 0 radical (unpaired) electrons. The van der Waals surface area contributed by atoms with Gasteiger partial charge in [0, 0.05) is 0 Å². The minimum Gasteiger partial charge on any atom is -0.505 e. The molecule has 0 aliphatic rings. The van der Waals surface area contributed by atoms with Crippen LogP contribution in [0.25, 0.3) is 0 Å². The lowest BCUT2D eigenvalue weighted by Gasteiger charge is -1.96. The topological polar surface area (TPSA) is 74.0 Å². The van der Waals surface area contributed by atoms with E-state index in [2.05, 4.69) is 4.98 Å². The fourth-order valence-corrected chi connectivity index (χ4v) is 0.798. The van der Waals surface area contributed by atoms with Gasteiger partial charge in [-0.3, -0.25) is 4.79 Å². The van der Waals surface area contributed by atoms with Gasteiger partial charge < -0.3 is 5.11 Å². The molecule has 1 heterocycles. The molecule has 0 bridgehead atoms. The molecular formula is C7H3ClN2O2. The Balaban J connectivity index is 3.28. The lowest BCUT2D eigenvalue weighted by molar-refractivity contribution is 0.107. The first kappa shape index (κ1) is 8.50. The first-order valence-electron chi connectivity index (χ1n) is 2.95. The van der Waals surface area contributed by atoms with Crippen LogP contribution in [0.2, 0.25) is 0 Å². The highest BCUT2D eigenvalue weighted by molar-refractivity contribution is 6.67. The summed E-state index contributed by atoms with van der Waals surface area (Å²) in [6.07, 6.45) is 0. The van der Waals surface area contributed by atoms with E-state index in [4.69, 9.17) is 22.0 Å². The Morgan fingerprint density at radius 3 is 2.83 bits per heavy atom. The number of carbonyl (C=O) groups excluding carboxylic acids is 1. The van der Waals surface area contributed by atoms with Crippen LogP contribution in [0.15, 0.2) is 12.1 Å². The summed E-state index contributed by atoms with van der Waals surface area (Å²) in [4.78, 5) is 14.1. The number of rotatable bonds is 1. The van der Waals surface area contributed by atoms with Crippen LogP contribution in [0.1, 0.15) is 16.2 Å². The number of nitrogens with zero attached hydrogens (tertiary/aromatic N) is 2. The first-order chi connectivity index (χ1) is 5.65. The summed E-state index contributed by atoms with van der Waals surface area (Å²) in [5.74, 6) is -0.325. The van der Waals surface area contributed by atoms with E-state index < -0.39 is 5.24 Å². The first-order valence-corrected chi connectivity index (χ1v) is 3.33. The number of aromatic nitrogens is 1. The van der Waals surface area contributed by atoms with E-state index >= 15 is 0 Å². The molecular weight excluding hydrogens is 180 g/mol. The molecule has 1 aromatic rings. The summed E-state index contributed by atoms with van der Waals surface area (Å²) < 4.78 is 0. The number of nitriles is 1. The fourth-order valence-electron chi connectivity index (χ4n) is 0.659. The van der Waals surface area contributed by atoms with Crippen molar-refractivity contribution >= 4 is 16.8 Å². The second kappa shape index (κ2) is 3.20. The summed E-state index contributed by atoms with van der Waals surface area (Å²) in [7, 11) is 0. The Morgan fingerprint density at radius 1 is 1.67 bits per heavy atom. The molecule has 0 atom stereocenters. The normalized spacial score (nSPS) is 9.00. The van der Waals surface area contributed by atoms with Crippen molar-refractivity contribution in [3.63, 3.8) is 0 Å². The highest BCUT2D eigenvalue weighted by atomic mass is 35.5. The zero-order chi connectivity index (χ0) is 9.14. The smallest absolute Gasteiger partial charge is 0.274 e. The lowest BCUT2D eigenvalue weighted by atomic mass is 10.3. The van der Waals surface area contributed by atoms with E-state index in [0.717, 1.165) is 0 Å². The van der Waals surface area contributed by atoms with Gasteiger partial charge in [-0.1, -0.05) is 0 Å². The standard InChI is InChI=1S/C7H3ClN2O2/c8-7(12)6-5(11)2-1-4(3-9)10-6/h1-2,11H. The van der Waals surface area contributed by atoms with Crippen molar-refractivity contribution in [2.24, 2.45) is 0 Å². The minimum absolute atomic E-state index is 0.0387. The number of pyridine rings is 1. The van der Waals surface area contributed by atoms with Gasteiger partial charge in [0.1, 0.15) is 17.5 Å². The summed E-state index contributed by atoms with van der Waals surface area (Å²) >= 11 is 5.07. The van der Waals surface area contributed by atoms with Crippen molar-refractivity contribution in [3.05, 3.63) is 23.5 Å². The average molecular weight is 183 g/mol. The van der Waals surface area contributed by atoms with Gasteiger partial charge in [-0.25, -0.2) is 4.98 Å². The van der Waals surface area contributed by atoms with Gasteiger partial charge in [0.15, 0.2) is 5.69 Å². The molecule has 5 heteroatoms. The van der Waals surface area contributed by atoms with Crippen LogP contribution in [0, 0.1) is 11.3 Å². The van der Waals surface area contributed by atoms with Gasteiger partial charge in [-0.2, -0.15) is 5.26 Å². The predicted molar refractivity (Wildman–Crippen MR) is 40.8 cm³/mol. The zero-order valence-corrected chi connectivity index (χ0v) is 6.54. The van der Waals surface area contributed by atoms with Gasteiger partial charge >= 0.3 is 0 Å². The van der Waals surface area contributed by atoms with Crippen LogP contribution >= 0.6 is 11.6 Å². The molecule has 0 unspecified atom stereocenters. The molecule has 4 nitrogen and oxygen atoms in total. The SMILES string of the molecule is N#Cc1ccc(O)c(C(=O)Cl)n1. The van der Waals surface area contributed by atoms with E-state index in [1.54, 1.807) is 6.07 Å². The number of halogens is 1. The molecule has 1 N–H and O–H groups in total. The second-order valence-electron chi connectivity index (χ2n) is 1.95. The third-order valence-corrected chi connectivity index (χ3v) is 1.35. The van der Waals surface area contributed by atoms with Gasteiger partial charge in [-0.05, 0) is 23.7 Å². The lowest BCUT2D eigenvalue weighted by Crippen LogP contribution is -1.96. The van der Waals surface area contributed by atoms with Crippen LogP contribution in [0.5, 0.6) is 5.75 Å². The van der Waals surface area contributed by atoms with E-state index in [1.165, 1.54) is 12.1 Å². The van der Waals surface area contributed by atoms with E-state index in [-0.39, 0.29) is 17.1 Å². The molecule has 0 amide bonds. The van der Waals surface area contributed by atoms with Crippen LogP contribution in [-0.2, 0) is 0 Å². The summed E-state index contributed by atoms with van der Waals surface area (Å²) in [5.41, 5.74) is -0.257. The van der Waals surface area contributed by atoms with Gasteiger partial charge in [0.25, 0.3) is 5.24 Å². The van der Waals surface area contributed by atoms with Crippen molar-refractivity contribution in [1.82, 2.24) is 4.98 Å². The monoisotopic (exact) mass is 182 g/mol. The Kier molecular flexibility index (Phi) is 2.26. The fraction of sp³-hybridized carbons (Fsp3) is 0. The second-order valence-corrected chi connectivity index (χ2v) is 2.29. The maximum Gasteiger partial charge on any atom is 0.274 e. The Labute approximate surface area is 73.0 Å². The Hall–Kier alpha value is -1.60. The van der Waals surface area contributed by atoms with Gasteiger partial charge in [-0.15, -0.1) is 0 Å². The molecule has 1 aromatic heterocycles. The van der Waals surface area contributed by atoms with E-state index in [1.807, 2.05) is 0 Å². The van der Waals surface area contributed by atoms with Crippen molar-refractivity contribution in [2.75, 3.05) is 0 Å². The van der Waals surface area contributed by atoms with Crippen molar-refractivity contribution in [3.8, 4) is 11.8 Å². The third kappa shape index (κ3) is 1.52. The molecule has 1 rings (SSSR count). The predicted octanol–water partition coefficient (Wildman–Crippen LogP) is 1.04. The van der Waals surface area contributed by atoms with Crippen LogP contribution in [-0.4, -0.2) is 15.3 Å². The summed E-state index contributed by atoms with van der Waals surface area (Å²) in [6.45, 7) is 0. The van der Waals surface area contributed by atoms with E-state index in [9.17, 15) is 4.79 Å². The molecule has 0 saturated carbocycles. The summed E-state index contributed by atoms with van der Waals surface area (Å²) in [6, 6.07) is 4.20. The number of carbonyl (C=O) groups is 1. The van der Waals surface area contributed by atoms with Crippen molar-refractivity contribution in [1.29, 1.82) is 5.26 Å². The quantitative estimate of drug-likeness (QED) is 0.659. The van der Waals surface area contributed by atoms with E-state index in [0.29, 0.717) is 0 Å². The molecule has 60 valence electrons. The molecule has 12 heavy (non-hydrogen) atoms. The minimum atomic E-state index is -0.885. The highest BCUT2D eigenvalue weighted by Crippen LogP contribution is 2.16. The Morgan fingerprint density at radius 2 is 2.33 bits per heavy atom. The third-order valence-electron chi connectivity index (χ3n) is 1.17. The van der Waals surface area contributed by atoms with Gasteiger partial charge in [0.2, 0.25) is 0 Å². The van der Waals surface area contributed by atoms with Crippen LogP contribution in [0.3, 0.4) is 0 Å². The maximum absolute atomic E-state index is 10.6. The number of aromatic hydroxyl groups is 1. The largest absolute Gasteiger partial charge is 0.505 e. The van der Waals surface area contributed by atoms with Crippen LogP contribution in [0.4, 0.5) is 0 Å². The molecule has 0 aliphatic carbocycles. The molecule has 0 spiro atoms. The molecule has 0 saturated heterocycles. The van der Waals surface area contributed by atoms with Gasteiger partial charge in [0.05, 0.1) is 0 Å². The molecule has 0 aromatic carbocycles.